The molecule has 2 aliphatic rings. The Labute approximate surface area is 126 Å². The molecule has 0 saturated carbocycles. The van der Waals surface area contributed by atoms with Crippen molar-refractivity contribution < 1.29 is 5.11 Å². The van der Waals surface area contributed by atoms with E-state index in [1.54, 1.807) is 0 Å². The van der Waals surface area contributed by atoms with Crippen LogP contribution in [0.2, 0.25) is 0 Å². The molecule has 1 aromatic rings. The van der Waals surface area contributed by atoms with Crippen LogP contribution in [0.15, 0.2) is 0 Å². The summed E-state index contributed by atoms with van der Waals surface area (Å²) >= 11 is 0. The van der Waals surface area contributed by atoms with Gasteiger partial charge in [0.15, 0.2) is 0 Å². The minimum absolute atomic E-state index is 0.167. The second-order valence-electron chi connectivity index (χ2n) is 6.27. The van der Waals surface area contributed by atoms with E-state index in [0.717, 1.165) is 44.1 Å². The highest BCUT2D eigenvalue weighted by atomic mass is 16.3. The maximum absolute atomic E-state index is 10.3. The summed E-state index contributed by atoms with van der Waals surface area (Å²) in [5.74, 6) is 1.86. The second-order valence-corrected chi connectivity index (χ2v) is 6.27. The van der Waals surface area contributed by atoms with Gasteiger partial charge in [-0.05, 0) is 34.0 Å². The van der Waals surface area contributed by atoms with Crippen LogP contribution in [0.5, 0.6) is 0 Å². The number of hydrogen-bond acceptors (Lipinski definition) is 6. The lowest BCUT2D eigenvalue weighted by Crippen LogP contribution is -2.38. The Bertz CT molecular complexity index is 519. The number of nitrogens with zero attached hydrogens (tertiary/aromatic N) is 4. The fourth-order valence-electron chi connectivity index (χ4n) is 3.36. The first-order chi connectivity index (χ1) is 10.1. The molecule has 0 bridgehead atoms. The molecule has 6 heteroatoms. The fraction of sp³-hybridized carbons (Fsp3) is 0.733. The maximum atomic E-state index is 10.3. The number of nitrogens with one attached hydrogen (secondary N) is 1. The quantitative estimate of drug-likeness (QED) is 0.772. The van der Waals surface area contributed by atoms with Gasteiger partial charge < -0.3 is 20.2 Å². The van der Waals surface area contributed by atoms with Gasteiger partial charge in [0.1, 0.15) is 11.6 Å². The predicted octanol–water partition coefficient (Wildman–Crippen LogP) is -0.416. The van der Waals surface area contributed by atoms with Crippen molar-refractivity contribution in [3.05, 3.63) is 17.1 Å². The molecule has 1 fully saturated rings. The van der Waals surface area contributed by atoms with Crippen LogP contribution in [0.25, 0.3) is 0 Å². The van der Waals surface area contributed by atoms with Crippen molar-refractivity contribution >= 4 is 5.82 Å². The number of aromatic nitrogens is 2. The van der Waals surface area contributed by atoms with Crippen LogP contribution < -0.4 is 10.2 Å². The van der Waals surface area contributed by atoms with Crippen molar-refractivity contribution in [1.82, 2.24) is 20.2 Å². The molecule has 116 valence electrons. The lowest BCUT2D eigenvalue weighted by molar-refractivity contribution is 0.114. The van der Waals surface area contributed by atoms with E-state index in [0.29, 0.717) is 6.54 Å². The zero-order valence-corrected chi connectivity index (χ0v) is 13.1. The van der Waals surface area contributed by atoms with Crippen molar-refractivity contribution in [3.8, 4) is 0 Å². The zero-order chi connectivity index (χ0) is 15.0. The molecular formula is C15H25N5O. The summed E-state index contributed by atoms with van der Waals surface area (Å²) in [5, 5.41) is 13.7. The Morgan fingerprint density at radius 2 is 1.95 bits per heavy atom. The highest BCUT2D eigenvalue weighted by molar-refractivity contribution is 5.51. The average molecular weight is 291 g/mol. The highest BCUT2D eigenvalue weighted by Gasteiger charge is 2.35. The molecular weight excluding hydrogens is 266 g/mol. The van der Waals surface area contributed by atoms with E-state index in [9.17, 15) is 5.11 Å². The van der Waals surface area contributed by atoms with E-state index in [2.05, 4.69) is 20.1 Å². The Balaban J connectivity index is 1.94. The van der Waals surface area contributed by atoms with Crippen LogP contribution in [0, 0.1) is 6.92 Å². The summed E-state index contributed by atoms with van der Waals surface area (Å²) < 4.78 is 0. The molecule has 21 heavy (non-hydrogen) atoms. The third kappa shape index (κ3) is 2.88. The number of rotatable bonds is 2. The number of aliphatic hydroxyl groups is 1. The van der Waals surface area contributed by atoms with Crippen LogP contribution in [0.4, 0.5) is 5.82 Å². The monoisotopic (exact) mass is 291 g/mol. The zero-order valence-electron chi connectivity index (χ0n) is 13.1. The molecule has 0 radical (unpaired) electrons. The fourth-order valence-corrected chi connectivity index (χ4v) is 3.36. The normalized spacial score (nSPS) is 26.0. The summed E-state index contributed by atoms with van der Waals surface area (Å²) in [4.78, 5) is 13.7. The van der Waals surface area contributed by atoms with Crippen molar-refractivity contribution in [2.24, 2.45) is 0 Å². The summed E-state index contributed by atoms with van der Waals surface area (Å²) in [6.07, 6.45) is 1.60. The number of fused-ring (bicyclic) bond motifs is 1. The maximum Gasteiger partial charge on any atom is 0.135 e. The first-order valence-electron chi connectivity index (χ1n) is 7.73. The molecule has 0 unspecified atom stereocenters. The van der Waals surface area contributed by atoms with Crippen LogP contribution in [-0.2, 0) is 12.8 Å². The van der Waals surface area contributed by atoms with Gasteiger partial charge in [-0.15, -0.1) is 0 Å². The Hall–Kier alpha value is -1.24. The molecule has 0 aliphatic carbocycles. The molecule has 2 N–H and O–H groups in total. The van der Waals surface area contributed by atoms with Crippen molar-refractivity contribution in [1.29, 1.82) is 0 Å². The van der Waals surface area contributed by atoms with Crippen molar-refractivity contribution in [2.75, 3.05) is 45.2 Å². The van der Waals surface area contributed by atoms with Gasteiger partial charge in [-0.3, -0.25) is 0 Å². The smallest absolute Gasteiger partial charge is 0.135 e. The van der Waals surface area contributed by atoms with Gasteiger partial charge in [0.2, 0.25) is 0 Å². The number of likely N-dealkylation sites (N-methyl/N-ethyl adjacent to an activating group) is 1. The lowest BCUT2D eigenvalue weighted by atomic mass is 10.1. The van der Waals surface area contributed by atoms with Crippen LogP contribution in [0.1, 0.15) is 17.1 Å². The Kier molecular flexibility index (Phi) is 4.10. The van der Waals surface area contributed by atoms with Gasteiger partial charge in [0, 0.05) is 31.6 Å². The second kappa shape index (κ2) is 5.87. The molecule has 2 atom stereocenters. The largest absolute Gasteiger partial charge is 0.390 e. The third-order valence-corrected chi connectivity index (χ3v) is 4.49. The minimum Gasteiger partial charge on any atom is -0.390 e. The van der Waals surface area contributed by atoms with E-state index in [1.165, 1.54) is 11.3 Å². The van der Waals surface area contributed by atoms with E-state index >= 15 is 0 Å². The van der Waals surface area contributed by atoms with E-state index in [1.807, 2.05) is 21.0 Å². The van der Waals surface area contributed by atoms with Gasteiger partial charge >= 0.3 is 0 Å². The first kappa shape index (κ1) is 14.7. The number of aryl methyl sites for hydroxylation is 1. The molecule has 2 aliphatic heterocycles. The predicted molar refractivity (Wildman–Crippen MR) is 82.7 cm³/mol. The van der Waals surface area contributed by atoms with E-state index in [-0.39, 0.29) is 12.1 Å². The van der Waals surface area contributed by atoms with Crippen LogP contribution >= 0.6 is 0 Å². The van der Waals surface area contributed by atoms with Crippen LogP contribution in [-0.4, -0.2) is 72.4 Å². The average Bonchev–Trinajstić information content (AvgIpc) is 2.66. The van der Waals surface area contributed by atoms with Gasteiger partial charge in [-0.1, -0.05) is 0 Å². The molecule has 1 aromatic heterocycles. The van der Waals surface area contributed by atoms with Crippen LogP contribution in [0.3, 0.4) is 0 Å². The molecule has 0 spiro atoms. The third-order valence-electron chi connectivity index (χ3n) is 4.49. The first-order valence-corrected chi connectivity index (χ1v) is 7.73. The van der Waals surface area contributed by atoms with Gasteiger partial charge in [-0.2, -0.15) is 0 Å². The summed E-state index contributed by atoms with van der Waals surface area (Å²) in [6, 6.07) is 0.167. The number of anilines is 1. The Morgan fingerprint density at radius 1 is 1.19 bits per heavy atom. The highest BCUT2D eigenvalue weighted by Crippen LogP contribution is 2.27. The van der Waals surface area contributed by atoms with Crippen molar-refractivity contribution in [3.63, 3.8) is 0 Å². The standard InChI is InChI=1S/C15H25N5O/c1-10-17-12-5-7-16-6-4-11(12)15(18-10)20-8-13(19(2)3)14(21)9-20/h13-14,16,21H,4-9H2,1-3H3/t13-,14-/m0/s1. The lowest BCUT2D eigenvalue weighted by Gasteiger charge is -2.23. The van der Waals surface area contributed by atoms with E-state index in [4.69, 9.17) is 4.98 Å². The Morgan fingerprint density at radius 3 is 2.67 bits per heavy atom. The molecule has 1 saturated heterocycles. The molecule has 0 aromatic carbocycles. The van der Waals surface area contributed by atoms with Gasteiger partial charge in [0.05, 0.1) is 17.8 Å². The molecule has 3 rings (SSSR count). The van der Waals surface area contributed by atoms with Gasteiger partial charge in [-0.25, -0.2) is 9.97 Å². The van der Waals surface area contributed by atoms with Gasteiger partial charge in [0.25, 0.3) is 0 Å². The number of aliphatic hydroxyl groups excluding tert-OH is 1. The van der Waals surface area contributed by atoms with Crippen molar-refractivity contribution in [2.45, 2.75) is 31.9 Å². The topological polar surface area (TPSA) is 64.5 Å². The molecule has 0 amide bonds. The number of hydrogen-bond donors (Lipinski definition) is 2. The summed E-state index contributed by atoms with van der Waals surface area (Å²) in [6.45, 7) is 5.38. The SMILES string of the molecule is Cc1nc2c(c(N3C[C@H](O)[C@@H](N(C)C)C3)n1)CCNCC2. The minimum atomic E-state index is -0.324. The number of β-amino-alcohol motifs (C(OH)–C–C–N with tert-alkyl or cyclic N) is 1. The molecule has 6 nitrogen and oxygen atoms in total. The molecule has 3 heterocycles. The summed E-state index contributed by atoms with van der Waals surface area (Å²) in [7, 11) is 4.04. The summed E-state index contributed by atoms with van der Waals surface area (Å²) in [5.41, 5.74) is 2.43. The van der Waals surface area contributed by atoms with E-state index < -0.39 is 0 Å².